The lowest BCUT2D eigenvalue weighted by atomic mass is 10.0. The predicted molar refractivity (Wildman–Crippen MR) is 63.1 cm³/mol. The topological polar surface area (TPSA) is 29.1 Å². The molecular formula is C13H17NO. The van der Waals surface area contributed by atoms with Gasteiger partial charge in [-0.05, 0) is 23.6 Å². The molecule has 15 heavy (non-hydrogen) atoms. The Hall–Kier alpha value is -1.57. The molecule has 0 atom stereocenters. The standard InChI is InChI=1S/C13H17NO/c1-4-8-14-13(15)12-7-5-6-11(9-12)10(2)3/h4-7,9-10H,1,8H2,2-3H3,(H,14,15). The van der Waals surface area contributed by atoms with Crippen molar-refractivity contribution in [3.05, 3.63) is 48.0 Å². The van der Waals surface area contributed by atoms with Crippen molar-refractivity contribution in [1.82, 2.24) is 5.32 Å². The molecule has 0 radical (unpaired) electrons. The van der Waals surface area contributed by atoms with Gasteiger partial charge in [0.2, 0.25) is 0 Å². The molecule has 1 aromatic carbocycles. The minimum Gasteiger partial charge on any atom is -0.349 e. The minimum absolute atomic E-state index is 0.0441. The van der Waals surface area contributed by atoms with Gasteiger partial charge in [0.05, 0.1) is 0 Å². The Labute approximate surface area is 91.0 Å². The van der Waals surface area contributed by atoms with Gasteiger partial charge in [-0.2, -0.15) is 0 Å². The predicted octanol–water partition coefficient (Wildman–Crippen LogP) is 2.73. The maximum absolute atomic E-state index is 11.6. The zero-order valence-electron chi connectivity index (χ0n) is 9.29. The first-order valence-electron chi connectivity index (χ1n) is 5.14. The molecule has 0 aliphatic heterocycles. The van der Waals surface area contributed by atoms with Crippen molar-refractivity contribution < 1.29 is 4.79 Å². The summed E-state index contributed by atoms with van der Waals surface area (Å²) >= 11 is 0. The molecule has 0 unspecified atom stereocenters. The Balaban J connectivity index is 2.80. The number of carbonyl (C=O) groups is 1. The second-order valence-electron chi connectivity index (χ2n) is 3.78. The lowest BCUT2D eigenvalue weighted by Crippen LogP contribution is -2.23. The number of hydrogen-bond acceptors (Lipinski definition) is 1. The highest BCUT2D eigenvalue weighted by Gasteiger charge is 2.06. The zero-order valence-corrected chi connectivity index (χ0v) is 9.29. The maximum atomic E-state index is 11.6. The number of nitrogens with one attached hydrogen (secondary N) is 1. The van der Waals surface area contributed by atoms with E-state index in [9.17, 15) is 4.79 Å². The molecule has 0 saturated heterocycles. The van der Waals surface area contributed by atoms with E-state index in [4.69, 9.17) is 0 Å². The number of carbonyl (C=O) groups excluding carboxylic acids is 1. The van der Waals surface area contributed by atoms with Crippen LogP contribution in [0.4, 0.5) is 0 Å². The molecule has 1 aromatic rings. The van der Waals surface area contributed by atoms with Crippen LogP contribution in [0.1, 0.15) is 35.7 Å². The molecule has 0 saturated carbocycles. The Kier molecular flexibility index (Phi) is 4.10. The van der Waals surface area contributed by atoms with Crippen LogP contribution < -0.4 is 5.32 Å². The molecule has 0 fully saturated rings. The SMILES string of the molecule is C=CCNC(=O)c1cccc(C(C)C)c1. The highest BCUT2D eigenvalue weighted by molar-refractivity contribution is 5.94. The molecular weight excluding hydrogens is 186 g/mol. The highest BCUT2D eigenvalue weighted by atomic mass is 16.1. The van der Waals surface area contributed by atoms with Crippen LogP contribution in [0.3, 0.4) is 0 Å². The van der Waals surface area contributed by atoms with Gasteiger partial charge in [-0.25, -0.2) is 0 Å². The van der Waals surface area contributed by atoms with Gasteiger partial charge < -0.3 is 5.32 Å². The lowest BCUT2D eigenvalue weighted by Gasteiger charge is -2.07. The third-order valence-electron chi connectivity index (χ3n) is 2.22. The Morgan fingerprint density at radius 2 is 2.27 bits per heavy atom. The van der Waals surface area contributed by atoms with Crippen LogP contribution in [0.2, 0.25) is 0 Å². The van der Waals surface area contributed by atoms with Crippen molar-refractivity contribution in [3.63, 3.8) is 0 Å². The molecule has 0 aliphatic carbocycles. The maximum Gasteiger partial charge on any atom is 0.251 e. The van der Waals surface area contributed by atoms with Crippen LogP contribution in [-0.4, -0.2) is 12.5 Å². The number of amides is 1. The second kappa shape index (κ2) is 5.35. The molecule has 2 heteroatoms. The summed E-state index contributed by atoms with van der Waals surface area (Å²) in [6.45, 7) is 8.29. The minimum atomic E-state index is -0.0441. The van der Waals surface area contributed by atoms with Gasteiger partial charge in [-0.1, -0.05) is 32.1 Å². The fourth-order valence-corrected chi connectivity index (χ4v) is 1.31. The van der Waals surface area contributed by atoms with Gasteiger partial charge in [-0.15, -0.1) is 6.58 Å². The Morgan fingerprint density at radius 3 is 2.87 bits per heavy atom. The quantitative estimate of drug-likeness (QED) is 0.749. The monoisotopic (exact) mass is 203 g/mol. The van der Waals surface area contributed by atoms with Gasteiger partial charge in [0.15, 0.2) is 0 Å². The van der Waals surface area contributed by atoms with E-state index in [1.807, 2.05) is 24.3 Å². The van der Waals surface area contributed by atoms with Crippen LogP contribution in [-0.2, 0) is 0 Å². The summed E-state index contributed by atoms with van der Waals surface area (Å²) in [5.74, 6) is 0.398. The third kappa shape index (κ3) is 3.24. The number of hydrogen-bond donors (Lipinski definition) is 1. The molecule has 0 aromatic heterocycles. The Morgan fingerprint density at radius 1 is 1.53 bits per heavy atom. The third-order valence-corrected chi connectivity index (χ3v) is 2.22. The van der Waals surface area contributed by atoms with E-state index in [0.717, 1.165) is 0 Å². The molecule has 0 spiro atoms. The first-order chi connectivity index (χ1) is 7.15. The normalized spacial score (nSPS) is 10.1. The zero-order chi connectivity index (χ0) is 11.3. The van der Waals surface area contributed by atoms with E-state index < -0.39 is 0 Å². The molecule has 80 valence electrons. The van der Waals surface area contributed by atoms with Gasteiger partial charge in [0, 0.05) is 12.1 Å². The van der Waals surface area contributed by atoms with Crippen LogP contribution >= 0.6 is 0 Å². The molecule has 1 amide bonds. The fraction of sp³-hybridized carbons (Fsp3) is 0.308. The molecule has 0 bridgehead atoms. The first kappa shape index (κ1) is 11.5. The van der Waals surface area contributed by atoms with Crippen LogP contribution in [0.5, 0.6) is 0 Å². The molecule has 2 nitrogen and oxygen atoms in total. The van der Waals surface area contributed by atoms with E-state index in [2.05, 4.69) is 25.7 Å². The Bertz CT molecular complexity index is 355. The van der Waals surface area contributed by atoms with Gasteiger partial charge in [0.25, 0.3) is 5.91 Å². The van der Waals surface area contributed by atoms with Crippen molar-refractivity contribution in [3.8, 4) is 0 Å². The summed E-state index contributed by atoms with van der Waals surface area (Å²) in [5.41, 5.74) is 1.89. The van der Waals surface area contributed by atoms with Crippen molar-refractivity contribution in [2.24, 2.45) is 0 Å². The molecule has 1 rings (SSSR count). The average Bonchev–Trinajstić information content (AvgIpc) is 2.26. The van der Waals surface area contributed by atoms with Crippen molar-refractivity contribution in [2.45, 2.75) is 19.8 Å². The van der Waals surface area contributed by atoms with Crippen molar-refractivity contribution >= 4 is 5.91 Å². The van der Waals surface area contributed by atoms with E-state index in [1.165, 1.54) is 5.56 Å². The summed E-state index contributed by atoms with van der Waals surface area (Å²) in [5, 5.41) is 2.76. The summed E-state index contributed by atoms with van der Waals surface area (Å²) in [6, 6.07) is 7.71. The number of rotatable bonds is 4. The van der Waals surface area contributed by atoms with Gasteiger partial charge >= 0.3 is 0 Å². The van der Waals surface area contributed by atoms with E-state index >= 15 is 0 Å². The highest BCUT2D eigenvalue weighted by Crippen LogP contribution is 2.15. The summed E-state index contributed by atoms with van der Waals surface area (Å²) in [6.07, 6.45) is 1.67. The van der Waals surface area contributed by atoms with Crippen molar-refractivity contribution in [1.29, 1.82) is 0 Å². The summed E-state index contributed by atoms with van der Waals surface area (Å²) in [7, 11) is 0. The molecule has 0 aliphatic rings. The van der Waals surface area contributed by atoms with Crippen LogP contribution in [0.15, 0.2) is 36.9 Å². The largest absolute Gasteiger partial charge is 0.349 e. The van der Waals surface area contributed by atoms with E-state index in [1.54, 1.807) is 6.08 Å². The second-order valence-corrected chi connectivity index (χ2v) is 3.78. The lowest BCUT2D eigenvalue weighted by molar-refractivity contribution is 0.0958. The number of benzene rings is 1. The molecule has 1 N–H and O–H groups in total. The molecule has 0 heterocycles. The van der Waals surface area contributed by atoms with Crippen LogP contribution in [0.25, 0.3) is 0 Å². The van der Waals surface area contributed by atoms with Gasteiger partial charge in [-0.3, -0.25) is 4.79 Å². The van der Waals surface area contributed by atoms with Crippen LogP contribution in [0, 0.1) is 0 Å². The van der Waals surface area contributed by atoms with Gasteiger partial charge in [0.1, 0.15) is 0 Å². The van der Waals surface area contributed by atoms with Crippen molar-refractivity contribution in [2.75, 3.05) is 6.54 Å². The van der Waals surface area contributed by atoms with E-state index in [0.29, 0.717) is 18.0 Å². The summed E-state index contributed by atoms with van der Waals surface area (Å²) in [4.78, 5) is 11.6. The average molecular weight is 203 g/mol. The first-order valence-corrected chi connectivity index (χ1v) is 5.14. The smallest absolute Gasteiger partial charge is 0.251 e. The van der Waals surface area contributed by atoms with E-state index in [-0.39, 0.29) is 5.91 Å². The fourth-order valence-electron chi connectivity index (χ4n) is 1.31. The summed E-state index contributed by atoms with van der Waals surface area (Å²) < 4.78 is 0.